The van der Waals surface area contributed by atoms with Crippen LogP contribution in [0.4, 0.5) is 4.79 Å². The molecule has 0 saturated carbocycles. The van der Waals surface area contributed by atoms with Crippen molar-refractivity contribution < 1.29 is 4.79 Å². The second-order valence-electron chi connectivity index (χ2n) is 2.26. The van der Waals surface area contributed by atoms with Crippen molar-refractivity contribution in [3.8, 4) is 0 Å². The SMILES string of the molecule is CCC(C)CNC(N)=O. The fraction of sp³-hybridized carbons (Fsp3) is 0.833. The molecule has 0 saturated heterocycles. The highest BCUT2D eigenvalue weighted by molar-refractivity contribution is 5.71. The quantitative estimate of drug-likeness (QED) is 0.580. The van der Waals surface area contributed by atoms with Crippen LogP contribution in [-0.4, -0.2) is 12.6 Å². The molecule has 54 valence electrons. The van der Waals surface area contributed by atoms with E-state index in [0.717, 1.165) is 6.42 Å². The third-order valence-electron chi connectivity index (χ3n) is 1.32. The number of hydrogen-bond donors (Lipinski definition) is 2. The number of carbonyl (C=O) groups excluding carboxylic acids is 1. The van der Waals surface area contributed by atoms with Crippen molar-refractivity contribution in [1.29, 1.82) is 0 Å². The Labute approximate surface area is 55.6 Å². The summed E-state index contributed by atoms with van der Waals surface area (Å²) >= 11 is 0. The van der Waals surface area contributed by atoms with E-state index in [-0.39, 0.29) is 0 Å². The Balaban J connectivity index is 3.16. The average Bonchev–Trinajstić information content (AvgIpc) is 1.83. The van der Waals surface area contributed by atoms with Gasteiger partial charge >= 0.3 is 6.03 Å². The van der Waals surface area contributed by atoms with Crippen LogP contribution >= 0.6 is 0 Å². The van der Waals surface area contributed by atoms with Gasteiger partial charge in [-0.3, -0.25) is 0 Å². The molecule has 0 aliphatic heterocycles. The molecule has 0 aromatic rings. The monoisotopic (exact) mass is 130 g/mol. The van der Waals surface area contributed by atoms with Gasteiger partial charge in [0.1, 0.15) is 0 Å². The lowest BCUT2D eigenvalue weighted by Crippen LogP contribution is -2.32. The van der Waals surface area contributed by atoms with Crippen molar-refractivity contribution in [2.75, 3.05) is 6.54 Å². The van der Waals surface area contributed by atoms with E-state index in [9.17, 15) is 4.79 Å². The molecule has 0 rings (SSSR count). The Kier molecular flexibility index (Phi) is 3.84. The van der Waals surface area contributed by atoms with Crippen LogP contribution in [0.1, 0.15) is 20.3 Å². The predicted octanol–water partition coefficient (Wildman–Crippen LogP) is 0.701. The highest BCUT2D eigenvalue weighted by atomic mass is 16.2. The second-order valence-corrected chi connectivity index (χ2v) is 2.26. The van der Waals surface area contributed by atoms with Crippen LogP contribution < -0.4 is 11.1 Å². The zero-order chi connectivity index (χ0) is 7.28. The lowest BCUT2D eigenvalue weighted by atomic mass is 10.1. The molecule has 9 heavy (non-hydrogen) atoms. The predicted molar refractivity (Wildman–Crippen MR) is 37.0 cm³/mol. The molecule has 0 spiro atoms. The fourth-order valence-corrected chi connectivity index (χ4v) is 0.419. The van der Waals surface area contributed by atoms with E-state index in [1.54, 1.807) is 0 Å². The smallest absolute Gasteiger partial charge is 0.312 e. The number of nitrogens with two attached hydrogens (primary N) is 1. The van der Waals surface area contributed by atoms with Gasteiger partial charge in [0, 0.05) is 6.54 Å². The van der Waals surface area contributed by atoms with E-state index in [1.807, 2.05) is 0 Å². The zero-order valence-electron chi connectivity index (χ0n) is 5.98. The molecule has 0 aromatic heterocycles. The third kappa shape index (κ3) is 5.14. The molecule has 0 aromatic carbocycles. The first-order valence-electron chi connectivity index (χ1n) is 3.20. The van der Waals surface area contributed by atoms with E-state index in [2.05, 4.69) is 19.2 Å². The molecule has 1 atom stereocenters. The van der Waals surface area contributed by atoms with Crippen LogP contribution in [0.2, 0.25) is 0 Å². The first-order valence-corrected chi connectivity index (χ1v) is 3.20. The molecule has 3 nitrogen and oxygen atoms in total. The van der Waals surface area contributed by atoms with E-state index in [4.69, 9.17) is 5.73 Å². The van der Waals surface area contributed by atoms with Crippen LogP contribution in [-0.2, 0) is 0 Å². The molecule has 2 amide bonds. The van der Waals surface area contributed by atoms with Gasteiger partial charge in [-0.1, -0.05) is 20.3 Å². The molecule has 0 aliphatic rings. The normalized spacial score (nSPS) is 12.7. The van der Waals surface area contributed by atoms with Gasteiger partial charge in [-0.15, -0.1) is 0 Å². The third-order valence-corrected chi connectivity index (χ3v) is 1.32. The minimum atomic E-state index is -0.435. The summed E-state index contributed by atoms with van der Waals surface area (Å²) in [5.41, 5.74) is 4.85. The van der Waals surface area contributed by atoms with Crippen molar-refractivity contribution in [3.63, 3.8) is 0 Å². The highest BCUT2D eigenvalue weighted by Crippen LogP contribution is 1.96. The van der Waals surface area contributed by atoms with Crippen LogP contribution in [0.25, 0.3) is 0 Å². The first-order chi connectivity index (χ1) is 4.16. The van der Waals surface area contributed by atoms with Crippen molar-refractivity contribution in [3.05, 3.63) is 0 Å². The second kappa shape index (κ2) is 4.18. The molecule has 3 heteroatoms. The van der Waals surface area contributed by atoms with Crippen molar-refractivity contribution >= 4 is 6.03 Å². The summed E-state index contributed by atoms with van der Waals surface area (Å²) in [5, 5.41) is 2.54. The lowest BCUT2D eigenvalue weighted by Gasteiger charge is -2.06. The molecule has 1 unspecified atom stereocenters. The Morgan fingerprint density at radius 2 is 2.33 bits per heavy atom. The number of hydrogen-bond acceptors (Lipinski definition) is 1. The summed E-state index contributed by atoms with van der Waals surface area (Å²) < 4.78 is 0. The molecule has 0 heterocycles. The van der Waals surface area contributed by atoms with Crippen LogP contribution in [0.15, 0.2) is 0 Å². The van der Waals surface area contributed by atoms with E-state index >= 15 is 0 Å². The van der Waals surface area contributed by atoms with E-state index in [0.29, 0.717) is 12.5 Å². The number of rotatable bonds is 3. The Bertz CT molecular complexity index is 93.1. The first kappa shape index (κ1) is 8.27. The number of nitrogens with one attached hydrogen (secondary N) is 1. The topological polar surface area (TPSA) is 55.1 Å². The Morgan fingerprint density at radius 3 is 2.67 bits per heavy atom. The van der Waals surface area contributed by atoms with Gasteiger partial charge in [0.05, 0.1) is 0 Å². The molecular formula is C6H14N2O. The molecule has 0 radical (unpaired) electrons. The summed E-state index contributed by atoms with van der Waals surface area (Å²) in [6.45, 7) is 4.83. The van der Waals surface area contributed by atoms with Gasteiger partial charge in [-0.2, -0.15) is 0 Å². The van der Waals surface area contributed by atoms with Gasteiger partial charge < -0.3 is 11.1 Å². The van der Waals surface area contributed by atoms with E-state index in [1.165, 1.54) is 0 Å². The fourth-order valence-electron chi connectivity index (χ4n) is 0.419. The van der Waals surface area contributed by atoms with E-state index < -0.39 is 6.03 Å². The largest absolute Gasteiger partial charge is 0.352 e. The molecule has 0 bridgehead atoms. The minimum absolute atomic E-state index is 0.435. The maximum absolute atomic E-state index is 10.1. The highest BCUT2D eigenvalue weighted by Gasteiger charge is 1.97. The van der Waals surface area contributed by atoms with Crippen molar-refractivity contribution in [2.45, 2.75) is 20.3 Å². The van der Waals surface area contributed by atoms with Gasteiger partial charge in [0.25, 0.3) is 0 Å². The zero-order valence-corrected chi connectivity index (χ0v) is 5.98. The van der Waals surface area contributed by atoms with Gasteiger partial charge in [0.2, 0.25) is 0 Å². The van der Waals surface area contributed by atoms with Crippen LogP contribution in [0.3, 0.4) is 0 Å². The summed E-state index contributed by atoms with van der Waals surface area (Å²) in [7, 11) is 0. The standard InChI is InChI=1S/C6H14N2O/c1-3-5(2)4-8-6(7)9/h5H,3-4H2,1-2H3,(H3,7,8,9). The van der Waals surface area contributed by atoms with Gasteiger partial charge in [-0.05, 0) is 5.92 Å². The average molecular weight is 130 g/mol. The molecule has 0 fully saturated rings. The van der Waals surface area contributed by atoms with Crippen LogP contribution in [0, 0.1) is 5.92 Å². The summed E-state index contributed by atoms with van der Waals surface area (Å²) in [4.78, 5) is 10.1. The minimum Gasteiger partial charge on any atom is -0.352 e. The molecule has 3 N–H and O–H groups in total. The number of amides is 2. The Hall–Kier alpha value is -0.730. The maximum atomic E-state index is 10.1. The lowest BCUT2D eigenvalue weighted by molar-refractivity contribution is 0.247. The molecular weight excluding hydrogens is 116 g/mol. The summed E-state index contributed by atoms with van der Waals surface area (Å²) in [5.74, 6) is 0.525. The van der Waals surface area contributed by atoms with Gasteiger partial charge in [0.15, 0.2) is 0 Å². The Morgan fingerprint density at radius 1 is 1.78 bits per heavy atom. The van der Waals surface area contributed by atoms with Gasteiger partial charge in [-0.25, -0.2) is 4.79 Å². The van der Waals surface area contributed by atoms with Crippen molar-refractivity contribution in [2.24, 2.45) is 11.7 Å². The number of urea groups is 1. The summed E-state index contributed by atoms with van der Waals surface area (Å²) in [6.07, 6.45) is 1.07. The molecule has 0 aliphatic carbocycles. The van der Waals surface area contributed by atoms with Crippen molar-refractivity contribution in [1.82, 2.24) is 5.32 Å². The number of carbonyl (C=O) groups is 1. The number of primary amides is 1. The van der Waals surface area contributed by atoms with Crippen LogP contribution in [0.5, 0.6) is 0 Å². The summed E-state index contributed by atoms with van der Waals surface area (Å²) in [6, 6.07) is -0.435. The maximum Gasteiger partial charge on any atom is 0.312 e.